The average molecular weight is 429 g/mol. The highest BCUT2D eigenvalue weighted by Gasteiger charge is 2.77. The first-order valence-electron chi connectivity index (χ1n) is 11.2. The van der Waals surface area contributed by atoms with Crippen LogP contribution in [0.3, 0.4) is 0 Å². The summed E-state index contributed by atoms with van der Waals surface area (Å²) in [6.45, 7) is 9.08. The molecule has 2 N–H and O–H groups in total. The molecule has 0 aromatic carbocycles. The van der Waals surface area contributed by atoms with Gasteiger partial charge in [-0.05, 0) is 68.2 Å². The monoisotopic (exact) mass is 428 g/mol. The lowest BCUT2D eigenvalue weighted by atomic mass is 9.42. The van der Waals surface area contributed by atoms with Gasteiger partial charge in [0, 0.05) is 17.3 Å². The first kappa shape index (κ1) is 22.2. The summed E-state index contributed by atoms with van der Waals surface area (Å²) in [4.78, 5) is 39.2. The number of Topliss-reactive ketones (excluding diaryl/α,β-unsaturated/α-hetero) is 3. The molecule has 0 bridgehead atoms. The molecule has 3 aliphatic carbocycles. The Morgan fingerprint density at radius 3 is 2.52 bits per heavy atom. The smallest absolute Gasteiger partial charge is 0.201 e. The number of aliphatic hydroxyl groups excluding tert-OH is 1. The van der Waals surface area contributed by atoms with Crippen LogP contribution in [0.1, 0.15) is 63.1 Å². The number of aryl methyl sites for hydroxylation is 1. The summed E-state index contributed by atoms with van der Waals surface area (Å²) >= 11 is 0. The molecule has 0 amide bonds. The fourth-order valence-electron chi connectivity index (χ4n) is 6.74. The van der Waals surface area contributed by atoms with E-state index in [1.165, 1.54) is 6.26 Å². The molecule has 0 saturated heterocycles. The van der Waals surface area contributed by atoms with Crippen molar-refractivity contribution in [2.24, 2.45) is 35.0 Å². The van der Waals surface area contributed by atoms with Crippen LogP contribution in [0.4, 0.5) is 0 Å². The van der Waals surface area contributed by atoms with E-state index in [4.69, 9.17) is 4.42 Å². The molecule has 2 saturated carbocycles. The Bertz CT molecular complexity index is 972. The number of fused-ring (bicyclic) bond motifs is 1. The molecule has 0 spiro atoms. The number of rotatable bonds is 6. The molecular weight excluding hydrogens is 396 g/mol. The summed E-state index contributed by atoms with van der Waals surface area (Å²) in [5.74, 6) is -2.42. The second-order valence-electron chi connectivity index (χ2n) is 10.2. The Labute approximate surface area is 182 Å². The Hall–Kier alpha value is -2.05. The minimum atomic E-state index is -1.60. The highest BCUT2D eigenvalue weighted by atomic mass is 16.3. The second-order valence-corrected chi connectivity index (χ2v) is 10.2. The molecule has 6 heteroatoms. The fraction of sp³-hybridized carbons (Fsp3) is 0.640. The van der Waals surface area contributed by atoms with Crippen molar-refractivity contribution in [3.8, 4) is 0 Å². The number of carbonyl (C=O) groups excluding carboxylic acids is 3. The van der Waals surface area contributed by atoms with E-state index in [1.54, 1.807) is 32.9 Å². The molecule has 0 unspecified atom stereocenters. The summed E-state index contributed by atoms with van der Waals surface area (Å²) in [6.07, 6.45) is 3.72. The van der Waals surface area contributed by atoms with Crippen LogP contribution in [0, 0.1) is 41.9 Å². The van der Waals surface area contributed by atoms with Crippen LogP contribution in [-0.4, -0.2) is 39.3 Å². The number of furan rings is 1. The maximum Gasteiger partial charge on any atom is 0.201 e. The molecule has 31 heavy (non-hydrogen) atoms. The Balaban J connectivity index is 1.61. The number of carbonyl (C=O) groups is 3. The molecule has 0 radical (unpaired) electrons. The third kappa shape index (κ3) is 2.87. The van der Waals surface area contributed by atoms with Crippen LogP contribution in [0.5, 0.6) is 0 Å². The van der Waals surface area contributed by atoms with Crippen molar-refractivity contribution in [3.05, 3.63) is 35.3 Å². The maximum absolute atomic E-state index is 13.7. The van der Waals surface area contributed by atoms with Crippen molar-refractivity contribution < 1.29 is 29.0 Å². The van der Waals surface area contributed by atoms with E-state index in [2.05, 4.69) is 0 Å². The molecule has 4 rings (SSSR count). The summed E-state index contributed by atoms with van der Waals surface area (Å²) in [5.41, 5.74) is -1.14. The van der Waals surface area contributed by atoms with E-state index in [0.717, 1.165) is 12.0 Å². The van der Waals surface area contributed by atoms with Crippen LogP contribution < -0.4 is 0 Å². The first-order chi connectivity index (χ1) is 14.5. The molecule has 6 nitrogen and oxygen atoms in total. The Kier molecular flexibility index (Phi) is 5.17. The fourth-order valence-corrected chi connectivity index (χ4v) is 6.74. The number of ketones is 3. The predicted molar refractivity (Wildman–Crippen MR) is 113 cm³/mol. The maximum atomic E-state index is 13.7. The lowest BCUT2D eigenvalue weighted by Crippen LogP contribution is -2.74. The Morgan fingerprint density at radius 1 is 1.29 bits per heavy atom. The van der Waals surface area contributed by atoms with Crippen molar-refractivity contribution in [2.45, 2.75) is 65.6 Å². The van der Waals surface area contributed by atoms with Gasteiger partial charge in [-0.1, -0.05) is 20.8 Å². The van der Waals surface area contributed by atoms with Gasteiger partial charge >= 0.3 is 0 Å². The van der Waals surface area contributed by atoms with Crippen LogP contribution in [0.2, 0.25) is 0 Å². The molecule has 0 aliphatic heterocycles. The largest absolute Gasteiger partial charge is 0.461 e. The lowest BCUT2D eigenvalue weighted by molar-refractivity contribution is -0.216. The summed E-state index contributed by atoms with van der Waals surface area (Å²) < 4.78 is 5.40. The summed E-state index contributed by atoms with van der Waals surface area (Å²) in [6, 6.07) is 1.68. The molecular formula is C25H32O6. The van der Waals surface area contributed by atoms with Crippen LogP contribution in [-0.2, 0) is 9.59 Å². The van der Waals surface area contributed by atoms with Gasteiger partial charge in [-0.15, -0.1) is 0 Å². The second kappa shape index (κ2) is 7.24. The van der Waals surface area contributed by atoms with Gasteiger partial charge in [0.15, 0.2) is 17.3 Å². The molecule has 1 aromatic rings. The zero-order chi connectivity index (χ0) is 22.9. The molecule has 2 fully saturated rings. The van der Waals surface area contributed by atoms with Gasteiger partial charge in [0.1, 0.15) is 5.60 Å². The standard InChI is InChI=1S/C25H32O6/c1-12-8-19(31-11-12)21(28)16(5)24-7-6-13(2)22(24)25(30,23(24)29)15(4)10-17-18(26)9-14(3)20(17)27/h8-9,11,13,15-18,22,26,30H,6-7,10H2,1-5H3/t13-,15+,16+,17+,18-,22+,24+,25+/m0/s1. The summed E-state index contributed by atoms with van der Waals surface area (Å²) in [7, 11) is 0. The highest BCUT2D eigenvalue weighted by molar-refractivity contribution is 6.07. The zero-order valence-corrected chi connectivity index (χ0v) is 18.8. The van der Waals surface area contributed by atoms with Gasteiger partial charge in [-0.3, -0.25) is 14.4 Å². The van der Waals surface area contributed by atoms with Gasteiger partial charge in [-0.2, -0.15) is 0 Å². The van der Waals surface area contributed by atoms with E-state index in [0.29, 0.717) is 12.0 Å². The highest BCUT2D eigenvalue weighted by Crippen LogP contribution is 2.68. The van der Waals surface area contributed by atoms with Crippen LogP contribution >= 0.6 is 0 Å². The van der Waals surface area contributed by atoms with E-state index in [-0.39, 0.29) is 41.4 Å². The van der Waals surface area contributed by atoms with Gasteiger partial charge < -0.3 is 14.6 Å². The average Bonchev–Trinajstić information content (AvgIpc) is 3.37. The van der Waals surface area contributed by atoms with E-state index in [9.17, 15) is 24.6 Å². The van der Waals surface area contributed by atoms with Crippen LogP contribution in [0.15, 0.2) is 28.4 Å². The minimum Gasteiger partial charge on any atom is -0.461 e. The van der Waals surface area contributed by atoms with E-state index < -0.39 is 34.9 Å². The van der Waals surface area contributed by atoms with E-state index in [1.807, 2.05) is 13.8 Å². The molecule has 168 valence electrons. The van der Waals surface area contributed by atoms with Crippen molar-refractivity contribution in [1.29, 1.82) is 0 Å². The topological polar surface area (TPSA) is 105 Å². The molecule has 8 atom stereocenters. The van der Waals surface area contributed by atoms with Gasteiger partial charge in [-0.25, -0.2) is 0 Å². The quantitative estimate of drug-likeness (QED) is 0.674. The number of hydrogen-bond donors (Lipinski definition) is 2. The zero-order valence-electron chi connectivity index (χ0n) is 18.8. The molecule has 1 heterocycles. The minimum absolute atomic E-state index is 0.0720. The normalized spacial score (nSPS) is 39.1. The van der Waals surface area contributed by atoms with Gasteiger partial charge in [0.25, 0.3) is 0 Å². The van der Waals surface area contributed by atoms with Crippen LogP contribution in [0.25, 0.3) is 0 Å². The number of allylic oxidation sites excluding steroid dienone is 1. The Morgan fingerprint density at radius 2 is 1.97 bits per heavy atom. The van der Waals surface area contributed by atoms with Gasteiger partial charge in [0.05, 0.1) is 18.3 Å². The van der Waals surface area contributed by atoms with E-state index >= 15 is 0 Å². The third-order valence-corrected chi connectivity index (χ3v) is 8.45. The van der Waals surface area contributed by atoms with Gasteiger partial charge in [0.2, 0.25) is 5.78 Å². The number of hydrogen-bond acceptors (Lipinski definition) is 6. The SMILES string of the molecule is CC1=C[C@H](O)[C@@H](C[C@@H](C)[C@]2(O)C(=O)[C@@]3([C@H](C)C(=O)c4cc(C)co4)CC[C@H](C)[C@@H]23)C1=O. The first-order valence-corrected chi connectivity index (χ1v) is 11.2. The summed E-state index contributed by atoms with van der Waals surface area (Å²) in [5, 5.41) is 21.9. The van der Waals surface area contributed by atoms with Crippen molar-refractivity contribution in [2.75, 3.05) is 0 Å². The molecule has 1 aromatic heterocycles. The van der Waals surface area contributed by atoms with Crippen molar-refractivity contribution >= 4 is 17.3 Å². The lowest BCUT2D eigenvalue weighted by Gasteiger charge is -2.61. The van der Waals surface area contributed by atoms with Crippen molar-refractivity contribution in [3.63, 3.8) is 0 Å². The molecule has 3 aliphatic rings. The number of aliphatic hydroxyl groups is 2. The van der Waals surface area contributed by atoms with Crippen molar-refractivity contribution in [1.82, 2.24) is 0 Å². The predicted octanol–water partition coefficient (Wildman–Crippen LogP) is 3.29. The third-order valence-electron chi connectivity index (χ3n) is 8.45.